The van der Waals surface area contributed by atoms with E-state index in [4.69, 9.17) is 0 Å². The molecule has 2 aliphatic rings. The van der Waals surface area contributed by atoms with E-state index in [1.807, 2.05) is 0 Å². The summed E-state index contributed by atoms with van der Waals surface area (Å²) in [6, 6.07) is 4.27. The maximum atomic E-state index is 13.5. The second kappa shape index (κ2) is 5.09. The number of nitrogens with one attached hydrogen (secondary N) is 1. The normalized spacial score (nSPS) is 29.3. The van der Waals surface area contributed by atoms with Gasteiger partial charge in [-0.3, -0.25) is 0 Å². The summed E-state index contributed by atoms with van der Waals surface area (Å²) in [5, 5.41) is 3.50. The lowest BCUT2D eigenvalue weighted by Gasteiger charge is -2.29. The molecule has 1 aromatic carbocycles. The van der Waals surface area contributed by atoms with E-state index in [1.54, 1.807) is 0 Å². The average Bonchev–Trinajstić information content (AvgIpc) is 2.78. The molecule has 20 heavy (non-hydrogen) atoms. The first kappa shape index (κ1) is 14.0. The van der Waals surface area contributed by atoms with Gasteiger partial charge in [-0.15, -0.1) is 0 Å². The van der Waals surface area contributed by atoms with Crippen LogP contribution in [0.4, 0.5) is 4.39 Å². The van der Waals surface area contributed by atoms with Gasteiger partial charge in [-0.1, -0.05) is 0 Å². The van der Waals surface area contributed by atoms with E-state index in [0.29, 0.717) is 18.0 Å². The third-order valence-corrected chi connectivity index (χ3v) is 6.00. The van der Waals surface area contributed by atoms with Crippen LogP contribution in [0, 0.1) is 5.82 Å². The third-order valence-electron chi connectivity index (χ3n) is 4.19. The SMILES string of the molecule is CN1CCC(NC2CCS(=O)(=O)c3ccc(F)cc32)C1. The van der Waals surface area contributed by atoms with Crippen molar-refractivity contribution in [3.05, 3.63) is 29.6 Å². The van der Waals surface area contributed by atoms with Crippen LogP contribution >= 0.6 is 0 Å². The zero-order valence-electron chi connectivity index (χ0n) is 11.5. The Kier molecular flexibility index (Phi) is 3.56. The van der Waals surface area contributed by atoms with Crippen LogP contribution in [0.1, 0.15) is 24.4 Å². The van der Waals surface area contributed by atoms with Crippen LogP contribution in [0.5, 0.6) is 0 Å². The van der Waals surface area contributed by atoms with Crippen molar-refractivity contribution in [2.45, 2.75) is 29.8 Å². The van der Waals surface area contributed by atoms with E-state index in [-0.39, 0.29) is 22.5 Å². The fourth-order valence-corrected chi connectivity index (χ4v) is 4.74. The minimum atomic E-state index is -3.25. The van der Waals surface area contributed by atoms with Crippen molar-refractivity contribution < 1.29 is 12.8 Å². The minimum Gasteiger partial charge on any atom is -0.306 e. The van der Waals surface area contributed by atoms with Crippen LogP contribution in [0.15, 0.2) is 23.1 Å². The van der Waals surface area contributed by atoms with Crippen LogP contribution in [0.2, 0.25) is 0 Å². The lowest BCUT2D eigenvalue weighted by atomic mass is 10.0. The molecule has 1 fully saturated rings. The van der Waals surface area contributed by atoms with Crippen molar-refractivity contribution in [3.8, 4) is 0 Å². The third kappa shape index (κ3) is 2.60. The van der Waals surface area contributed by atoms with Gasteiger partial charge in [0.15, 0.2) is 9.84 Å². The molecule has 1 N–H and O–H groups in total. The van der Waals surface area contributed by atoms with Gasteiger partial charge in [0.25, 0.3) is 0 Å². The molecule has 2 atom stereocenters. The molecule has 1 aromatic rings. The van der Waals surface area contributed by atoms with Gasteiger partial charge >= 0.3 is 0 Å². The molecule has 3 rings (SSSR count). The second-order valence-corrected chi connectivity index (χ2v) is 7.83. The molecule has 0 amide bonds. The number of hydrogen-bond acceptors (Lipinski definition) is 4. The monoisotopic (exact) mass is 298 g/mol. The predicted octanol–water partition coefficient (Wildman–Crippen LogP) is 1.34. The highest BCUT2D eigenvalue weighted by molar-refractivity contribution is 7.91. The average molecular weight is 298 g/mol. The molecule has 0 aromatic heterocycles. The van der Waals surface area contributed by atoms with Crippen LogP contribution in [-0.2, 0) is 9.84 Å². The molecule has 0 radical (unpaired) electrons. The number of likely N-dealkylation sites (N-methyl/N-ethyl adjacent to an activating group) is 1. The quantitative estimate of drug-likeness (QED) is 0.837. The summed E-state index contributed by atoms with van der Waals surface area (Å²) in [5.41, 5.74) is 0.589. The summed E-state index contributed by atoms with van der Waals surface area (Å²) in [6.07, 6.45) is 1.56. The highest BCUT2D eigenvalue weighted by Crippen LogP contribution is 2.33. The van der Waals surface area contributed by atoms with Crippen LogP contribution in [0.3, 0.4) is 0 Å². The van der Waals surface area contributed by atoms with Gasteiger partial charge in [0.05, 0.1) is 10.6 Å². The maximum absolute atomic E-state index is 13.5. The highest BCUT2D eigenvalue weighted by atomic mass is 32.2. The van der Waals surface area contributed by atoms with Gasteiger partial charge in [0.2, 0.25) is 0 Å². The fourth-order valence-electron chi connectivity index (χ4n) is 3.14. The second-order valence-electron chi connectivity index (χ2n) is 5.76. The Bertz CT molecular complexity index is 618. The number of hydrogen-bond donors (Lipinski definition) is 1. The summed E-state index contributed by atoms with van der Waals surface area (Å²) in [5.74, 6) is -0.248. The summed E-state index contributed by atoms with van der Waals surface area (Å²) < 4.78 is 37.6. The van der Waals surface area contributed by atoms with E-state index in [9.17, 15) is 12.8 Å². The summed E-state index contributed by atoms with van der Waals surface area (Å²) >= 11 is 0. The van der Waals surface area contributed by atoms with Gasteiger partial charge in [0.1, 0.15) is 5.82 Å². The number of nitrogens with zero attached hydrogens (tertiary/aromatic N) is 1. The van der Waals surface area contributed by atoms with E-state index in [1.165, 1.54) is 18.2 Å². The molecule has 0 spiro atoms. The van der Waals surface area contributed by atoms with Gasteiger partial charge in [-0.2, -0.15) is 0 Å². The van der Waals surface area contributed by atoms with Crippen molar-refractivity contribution in [1.82, 2.24) is 10.2 Å². The number of halogens is 1. The Morgan fingerprint density at radius 2 is 2.15 bits per heavy atom. The largest absolute Gasteiger partial charge is 0.306 e. The minimum absolute atomic E-state index is 0.0688. The van der Waals surface area contributed by atoms with Gasteiger partial charge in [-0.05, 0) is 50.2 Å². The van der Waals surface area contributed by atoms with Crippen LogP contribution in [0.25, 0.3) is 0 Å². The molecule has 4 nitrogen and oxygen atoms in total. The van der Waals surface area contributed by atoms with Gasteiger partial charge < -0.3 is 10.2 Å². The number of likely N-dealkylation sites (tertiary alicyclic amines) is 1. The van der Waals surface area contributed by atoms with Crippen molar-refractivity contribution >= 4 is 9.84 Å². The molecule has 2 aliphatic heterocycles. The Hall–Kier alpha value is -0.980. The van der Waals surface area contributed by atoms with E-state index >= 15 is 0 Å². The van der Waals surface area contributed by atoms with Gasteiger partial charge in [-0.25, -0.2) is 12.8 Å². The molecule has 1 saturated heterocycles. The first-order chi connectivity index (χ1) is 9.45. The van der Waals surface area contributed by atoms with Crippen molar-refractivity contribution in [2.75, 3.05) is 25.9 Å². The number of benzene rings is 1. The number of fused-ring (bicyclic) bond motifs is 1. The van der Waals surface area contributed by atoms with Crippen LogP contribution < -0.4 is 5.32 Å². The lowest BCUT2D eigenvalue weighted by Crippen LogP contribution is -2.38. The smallest absolute Gasteiger partial charge is 0.178 e. The lowest BCUT2D eigenvalue weighted by molar-refractivity contribution is 0.375. The summed E-state index contributed by atoms with van der Waals surface area (Å²) in [7, 11) is -1.18. The molecule has 2 heterocycles. The molecule has 110 valence electrons. The van der Waals surface area contributed by atoms with Crippen LogP contribution in [-0.4, -0.2) is 45.2 Å². The number of rotatable bonds is 2. The fraction of sp³-hybridized carbons (Fsp3) is 0.571. The Morgan fingerprint density at radius 1 is 1.35 bits per heavy atom. The molecular formula is C14H19FN2O2S. The molecule has 0 bridgehead atoms. The first-order valence-corrected chi connectivity index (χ1v) is 8.58. The molecule has 2 unspecified atom stereocenters. The summed E-state index contributed by atoms with van der Waals surface area (Å²) in [6.45, 7) is 1.99. The zero-order valence-corrected chi connectivity index (χ0v) is 12.3. The van der Waals surface area contributed by atoms with Crippen molar-refractivity contribution in [2.24, 2.45) is 0 Å². The van der Waals surface area contributed by atoms with Crippen molar-refractivity contribution in [3.63, 3.8) is 0 Å². The zero-order chi connectivity index (χ0) is 14.3. The Morgan fingerprint density at radius 3 is 2.85 bits per heavy atom. The molecule has 6 heteroatoms. The Balaban J connectivity index is 1.89. The highest BCUT2D eigenvalue weighted by Gasteiger charge is 2.32. The Labute approximate surface area is 118 Å². The first-order valence-electron chi connectivity index (χ1n) is 6.92. The standard InChI is InChI=1S/C14H19FN2O2S/c1-17-6-4-11(9-17)16-13-5-7-20(18,19)14-3-2-10(15)8-12(13)14/h2-3,8,11,13,16H,4-7,9H2,1H3. The molecule has 0 aliphatic carbocycles. The summed E-state index contributed by atoms with van der Waals surface area (Å²) in [4.78, 5) is 2.53. The van der Waals surface area contributed by atoms with Gasteiger partial charge in [0, 0.05) is 18.6 Å². The molecule has 0 saturated carbocycles. The van der Waals surface area contributed by atoms with Crippen molar-refractivity contribution in [1.29, 1.82) is 0 Å². The molecular weight excluding hydrogens is 279 g/mol. The maximum Gasteiger partial charge on any atom is 0.178 e. The predicted molar refractivity (Wildman–Crippen MR) is 74.8 cm³/mol. The van der Waals surface area contributed by atoms with E-state index < -0.39 is 9.84 Å². The topological polar surface area (TPSA) is 49.4 Å². The number of sulfone groups is 1. The van der Waals surface area contributed by atoms with E-state index in [2.05, 4.69) is 17.3 Å². The van der Waals surface area contributed by atoms with E-state index in [0.717, 1.165) is 19.5 Å².